The predicted molar refractivity (Wildman–Crippen MR) is 43.6 cm³/mol. The molecule has 4 nitrogen and oxygen atoms in total. The molecule has 0 aliphatic carbocycles. The van der Waals surface area contributed by atoms with Crippen molar-refractivity contribution >= 4 is 6.09 Å². The van der Waals surface area contributed by atoms with Crippen LogP contribution in [0, 0.1) is 0 Å². The van der Waals surface area contributed by atoms with E-state index in [2.05, 4.69) is 0 Å². The van der Waals surface area contributed by atoms with E-state index in [1.807, 2.05) is 12.2 Å². The molecule has 68 valence electrons. The van der Waals surface area contributed by atoms with E-state index in [9.17, 15) is 4.79 Å². The van der Waals surface area contributed by atoms with Gasteiger partial charge in [0.05, 0.1) is 13.2 Å². The fraction of sp³-hybridized carbons (Fsp3) is 0.625. The Morgan fingerprint density at radius 3 is 3.17 bits per heavy atom. The second-order valence-electron chi connectivity index (χ2n) is 2.59. The van der Waals surface area contributed by atoms with Crippen LogP contribution in [0.4, 0.5) is 4.79 Å². The molecule has 0 radical (unpaired) electrons. The SMILES string of the molecule is NC(=O)OC1/C=C/CCOCC1. The predicted octanol–water partition coefficient (Wildman–Crippen LogP) is 0.817. The zero-order valence-electron chi connectivity index (χ0n) is 6.86. The van der Waals surface area contributed by atoms with E-state index in [4.69, 9.17) is 15.2 Å². The maximum atomic E-state index is 10.4. The summed E-state index contributed by atoms with van der Waals surface area (Å²) in [5.74, 6) is 0. The van der Waals surface area contributed by atoms with Gasteiger partial charge in [-0.15, -0.1) is 0 Å². The monoisotopic (exact) mass is 171 g/mol. The van der Waals surface area contributed by atoms with Crippen molar-refractivity contribution in [2.45, 2.75) is 18.9 Å². The van der Waals surface area contributed by atoms with Crippen LogP contribution < -0.4 is 5.73 Å². The number of primary amides is 1. The molecular formula is C8H13NO3. The summed E-state index contributed by atoms with van der Waals surface area (Å²) >= 11 is 0. The van der Waals surface area contributed by atoms with Gasteiger partial charge in [-0.25, -0.2) is 4.79 Å². The molecule has 0 fully saturated rings. The summed E-state index contributed by atoms with van der Waals surface area (Å²) < 4.78 is 10.0. The lowest BCUT2D eigenvalue weighted by Gasteiger charge is -2.14. The number of nitrogens with two attached hydrogens (primary N) is 1. The van der Waals surface area contributed by atoms with Crippen molar-refractivity contribution < 1.29 is 14.3 Å². The molecule has 1 unspecified atom stereocenters. The highest BCUT2D eigenvalue weighted by molar-refractivity contribution is 5.65. The molecule has 0 spiro atoms. The van der Waals surface area contributed by atoms with Crippen LogP contribution in [0.5, 0.6) is 0 Å². The van der Waals surface area contributed by atoms with Gasteiger partial charge in [-0.1, -0.05) is 6.08 Å². The summed E-state index contributed by atoms with van der Waals surface area (Å²) in [5.41, 5.74) is 4.88. The number of ether oxygens (including phenoxy) is 2. The Balaban J connectivity index is 2.38. The Bertz CT molecular complexity index is 179. The van der Waals surface area contributed by atoms with Crippen molar-refractivity contribution in [2.24, 2.45) is 5.73 Å². The Morgan fingerprint density at radius 1 is 1.58 bits per heavy atom. The van der Waals surface area contributed by atoms with E-state index in [0.29, 0.717) is 13.0 Å². The van der Waals surface area contributed by atoms with Crippen LogP contribution in [0.25, 0.3) is 0 Å². The maximum absolute atomic E-state index is 10.4. The second kappa shape index (κ2) is 4.77. The van der Waals surface area contributed by atoms with Gasteiger partial charge in [0.1, 0.15) is 6.10 Å². The van der Waals surface area contributed by atoms with Crippen LogP contribution in [-0.4, -0.2) is 25.4 Å². The van der Waals surface area contributed by atoms with Gasteiger partial charge in [-0.3, -0.25) is 0 Å². The standard InChI is InChI=1S/C8H13NO3/c9-8(10)12-7-3-1-2-5-11-6-4-7/h1,3,7H,2,4-6H2,(H2,9,10)/b3-1+. The van der Waals surface area contributed by atoms with Crippen LogP contribution in [0.3, 0.4) is 0 Å². The molecule has 12 heavy (non-hydrogen) atoms. The minimum atomic E-state index is -0.731. The van der Waals surface area contributed by atoms with Crippen molar-refractivity contribution in [3.8, 4) is 0 Å². The van der Waals surface area contributed by atoms with Gasteiger partial charge in [-0.2, -0.15) is 0 Å². The molecule has 0 aromatic heterocycles. The number of rotatable bonds is 1. The zero-order chi connectivity index (χ0) is 8.81. The fourth-order valence-electron chi connectivity index (χ4n) is 1.04. The highest BCUT2D eigenvalue weighted by atomic mass is 16.6. The summed E-state index contributed by atoms with van der Waals surface area (Å²) in [7, 11) is 0. The quantitative estimate of drug-likeness (QED) is 0.594. The summed E-state index contributed by atoms with van der Waals surface area (Å²) in [6.07, 6.45) is 4.38. The lowest BCUT2D eigenvalue weighted by molar-refractivity contribution is 0.0788. The Labute approximate surface area is 71.3 Å². The van der Waals surface area contributed by atoms with Crippen molar-refractivity contribution in [1.29, 1.82) is 0 Å². The normalized spacial score (nSPS) is 26.8. The molecule has 1 rings (SSSR count). The van der Waals surface area contributed by atoms with E-state index in [0.717, 1.165) is 13.0 Å². The van der Waals surface area contributed by atoms with Crippen LogP contribution in [0.1, 0.15) is 12.8 Å². The van der Waals surface area contributed by atoms with Gasteiger partial charge in [0.25, 0.3) is 0 Å². The molecule has 0 aromatic rings. The first-order chi connectivity index (χ1) is 5.79. The number of carbonyl (C=O) groups excluding carboxylic acids is 1. The van der Waals surface area contributed by atoms with Gasteiger partial charge in [0.15, 0.2) is 0 Å². The van der Waals surface area contributed by atoms with Crippen LogP contribution in [0.15, 0.2) is 12.2 Å². The van der Waals surface area contributed by atoms with Crippen LogP contribution in [-0.2, 0) is 9.47 Å². The minimum absolute atomic E-state index is 0.220. The van der Waals surface area contributed by atoms with Gasteiger partial charge < -0.3 is 15.2 Å². The summed E-state index contributed by atoms with van der Waals surface area (Å²) in [4.78, 5) is 10.4. The molecule has 1 atom stereocenters. The number of hydrogen-bond acceptors (Lipinski definition) is 3. The second-order valence-corrected chi connectivity index (χ2v) is 2.59. The molecule has 0 bridgehead atoms. The first-order valence-electron chi connectivity index (χ1n) is 3.99. The number of amides is 1. The third-order valence-corrected chi connectivity index (χ3v) is 1.59. The van der Waals surface area contributed by atoms with Crippen LogP contribution in [0.2, 0.25) is 0 Å². The van der Waals surface area contributed by atoms with Gasteiger partial charge in [0.2, 0.25) is 0 Å². The first-order valence-corrected chi connectivity index (χ1v) is 3.99. The summed E-state index contributed by atoms with van der Waals surface area (Å²) in [5, 5.41) is 0. The molecule has 1 aliphatic heterocycles. The lowest BCUT2D eigenvalue weighted by Crippen LogP contribution is -2.23. The fourth-order valence-corrected chi connectivity index (χ4v) is 1.04. The summed E-state index contributed by atoms with van der Waals surface area (Å²) in [6.45, 7) is 1.35. The van der Waals surface area contributed by atoms with E-state index in [-0.39, 0.29) is 6.10 Å². The van der Waals surface area contributed by atoms with E-state index < -0.39 is 6.09 Å². The van der Waals surface area contributed by atoms with Crippen molar-refractivity contribution in [1.82, 2.24) is 0 Å². The Morgan fingerprint density at radius 2 is 2.42 bits per heavy atom. The minimum Gasteiger partial charge on any atom is -0.442 e. The molecule has 1 heterocycles. The third kappa shape index (κ3) is 3.39. The Kier molecular flexibility index (Phi) is 3.60. The van der Waals surface area contributed by atoms with Crippen molar-refractivity contribution in [3.63, 3.8) is 0 Å². The number of hydrogen-bond donors (Lipinski definition) is 1. The van der Waals surface area contributed by atoms with E-state index in [1.165, 1.54) is 0 Å². The number of carbonyl (C=O) groups is 1. The Hall–Kier alpha value is -1.03. The molecule has 0 aromatic carbocycles. The molecular weight excluding hydrogens is 158 g/mol. The molecule has 0 saturated carbocycles. The largest absolute Gasteiger partial charge is 0.442 e. The first kappa shape index (κ1) is 9.06. The van der Waals surface area contributed by atoms with Gasteiger partial charge in [0, 0.05) is 6.42 Å². The summed E-state index contributed by atoms with van der Waals surface area (Å²) in [6, 6.07) is 0. The highest BCUT2D eigenvalue weighted by Gasteiger charge is 2.09. The average molecular weight is 171 g/mol. The van der Waals surface area contributed by atoms with Gasteiger partial charge >= 0.3 is 6.09 Å². The molecule has 2 N–H and O–H groups in total. The van der Waals surface area contributed by atoms with Crippen molar-refractivity contribution in [3.05, 3.63) is 12.2 Å². The highest BCUT2D eigenvalue weighted by Crippen LogP contribution is 2.05. The third-order valence-electron chi connectivity index (χ3n) is 1.59. The molecule has 1 aliphatic rings. The zero-order valence-corrected chi connectivity index (χ0v) is 6.86. The smallest absolute Gasteiger partial charge is 0.405 e. The topological polar surface area (TPSA) is 61.6 Å². The van der Waals surface area contributed by atoms with E-state index in [1.54, 1.807) is 0 Å². The van der Waals surface area contributed by atoms with Crippen molar-refractivity contribution in [2.75, 3.05) is 13.2 Å². The van der Waals surface area contributed by atoms with Gasteiger partial charge in [-0.05, 0) is 12.5 Å². The maximum Gasteiger partial charge on any atom is 0.405 e. The lowest BCUT2D eigenvalue weighted by atomic mass is 10.2. The molecule has 1 amide bonds. The van der Waals surface area contributed by atoms with E-state index >= 15 is 0 Å². The average Bonchev–Trinajstić information content (AvgIpc) is 1.93. The van der Waals surface area contributed by atoms with Crippen LogP contribution >= 0.6 is 0 Å². The molecule has 4 heteroatoms. The molecule has 0 saturated heterocycles.